The van der Waals surface area contributed by atoms with E-state index in [1.165, 1.54) is 0 Å². The van der Waals surface area contributed by atoms with Gasteiger partial charge in [0.2, 0.25) is 5.28 Å². The van der Waals surface area contributed by atoms with Crippen LogP contribution in [0.25, 0.3) is 0 Å². The Labute approximate surface area is 83.5 Å². The van der Waals surface area contributed by atoms with Crippen molar-refractivity contribution in [2.45, 2.75) is 20.3 Å². The molecule has 1 atom stereocenters. The summed E-state index contributed by atoms with van der Waals surface area (Å²) in [5.74, 6) is 1.44. The second-order valence-electron chi connectivity index (χ2n) is 3.11. The summed E-state index contributed by atoms with van der Waals surface area (Å²) in [6.07, 6.45) is 2.81. The van der Waals surface area contributed by atoms with E-state index in [1.54, 1.807) is 6.20 Å². The van der Waals surface area contributed by atoms with Gasteiger partial charge in [-0.25, -0.2) is 9.97 Å². The van der Waals surface area contributed by atoms with E-state index in [2.05, 4.69) is 29.1 Å². The van der Waals surface area contributed by atoms with Crippen LogP contribution in [-0.2, 0) is 0 Å². The molecule has 0 amide bonds. The first-order valence-corrected chi connectivity index (χ1v) is 4.82. The smallest absolute Gasteiger partial charge is 0.224 e. The topological polar surface area (TPSA) is 37.8 Å². The van der Waals surface area contributed by atoms with Crippen molar-refractivity contribution in [1.29, 1.82) is 0 Å². The molecule has 4 heteroatoms. The lowest BCUT2D eigenvalue weighted by Crippen LogP contribution is -2.11. The van der Waals surface area contributed by atoms with Crippen LogP contribution in [0.3, 0.4) is 0 Å². The Morgan fingerprint density at radius 3 is 3.00 bits per heavy atom. The SMILES string of the molecule is CCC(C)CNc1ccnc(Cl)n1. The lowest BCUT2D eigenvalue weighted by Gasteiger charge is -2.09. The first-order chi connectivity index (χ1) is 6.22. The summed E-state index contributed by atoms with van der Waals surface area (Å²) < 4.78 is 0. The van der Waals surface area contributed by atoms with Crippen molar-refractivity contribution in [3.8, 4) is 0 Å². The highest BCUT2D eigenvalue weighted by Crippen LogP contribution is 2.07. The van der Waals surface area contributed by atoms with E-state index in [0.717, 1.165) is 18.8 Å². The van der Waals surface area contributed by atoms with E-state index in [4.69, 9.17) is 11.6 Å². The minimum absolute atomic E-state index is 0.286. The highest BCUT2D eigenvalue weighted by molar-refractivity contribution is 6.28. The van der Waals surface area contributed by atoms with Gasteiger partial charge in [0, 0.05) is 12.7 Å². The third-order valence-corrected chi connectivity index (χ3v) is 2.14. The molecule has 1 rings (SSSR count). The van der Waals surface area contributed by atoms with E-state index in [0.29, 0.717) is 5.92 Å². The molecule has 0 saturated heterocycles. The summed E-state index contributed by atoms with van der Waals surface area (Å²) in [7, 11) is 0. The lowest BCUT2D eigenvalue weighted by molar-refractivity contribution is 0.592. The maximum Gasteiger partial charge on any atom is 0.224 e. The van der Waals surface area contributed by atoms with Gasteiger partial charge in [-0.3, -0.25) is 0 Å². The molecule has 0 aliphatic carbocycles. The average molecular weight is 200 g/mol. The summed E-state index contributed by atoms with van der Waals surface area (Å²) in [5.41, 5.74) is 0. The largest absolute Gasteiger partial charge is 0.370 e. The highest BCUT2D eigenvalue weighted by Gasteiger charge is 1.99. The number of rotatable bonds is 4. The predicted molar refractivity (Wildman–Crippen MR) is 55.0 cm³/mol. The Hall–Kier alpha value is -0.830. The van der Waals surface area contributed by atoms with Crippen molar-refractivity contribution in [2.24, 2.45) is 5.92 Å². The third kappa shape index (κ3) is 3.59. The summed E-state index contributed by atoms with van der Waals surface area (Å²) in [5, 5.41) is 3.49. The van der Waals surface area contributed by atoms with Crippen molar-refractivity contribution in [3.63, 3.8) is 0 Å². The van der Waals surface area contributed by atoms with Gasteiger partial charge in [0.05, 0.1) is 0 Å². The van der Waals surface area contributed by atoms with Crippen LogP contribution in [0.2, 0.25) is 5.28 Å². The molecular formula is C9H14ClN3. The van der Waals surface area contributed by atoms with E-state index in [9.17, 15) is 0 Å². The van der Waals surface area contributed by atoms with Crippen LogP contribution in [0.15, 0.2) is 12.3 Å². The van der Waals surface area contributed by atoms with Gasteiger partial charge in [0.1, 0.15) is 5.82 Å². The van der Waals surface area contributed by atoms with Crippen molar-refractivity contribution in [3.05, 3.63) is 17.5 Å². The number of aromatic nitrogens is 2. The minimum Gasteiger partial charge on any atom is -0.370 e. The van der Waals surface area contributed by atoms with Crippen molar-refractivity contribution >= 4 is 17.4 Å². The molecule has 1 aromatic heterocycles. The molecule has 1 N–H and O–H groups in total. The maximum absolute atomic E-state index is 5.63. The van der Waals surface area contributed by atoms with Gasteiger partial charge in [-0.2, -0.15) is 0 Å². The molecule has 0 aliphatic heterocycles. The number of anilines is 1. The Morgan fingerprint density at radius 2 is 2.38 bits per heavy atom. The second-order valence-corrected chi connectivity index (χ2v) is 3.44. The van der Waals surface area contributed by atoms with Gasteiger partial charge in [0.15, 0.2) is 0 Å². The molecule has 0 spiro atoms. The fourth-order valence-corrected chi connectivity index (χ4v) is 1.00. The zero-order valence-corrected chi connectivity index (χ0v) is 8.67. The molecule has 0 aliphatic rings. The molecular weight excluding hydrogens is 186 g/mol. The molecule has 1 aromatic rings. The number of halogens is 1. The van der Waals surface area contributed by atoms with Crippen LogP contribution in [0.4, 0.5) is 5.82 Å². The van der Waals surface area contributed by atoms with Gasteiger partial charge in [-0.05, 0) is 23.6 Å². The Morgan fingerprint density at radius 1 is 1.62 bits per heavy atom. The van der Waals surface area contributed by atoms with Gasteiger partial charge < -0.3 is 5.32 Å². The van der Waals surface area contributed by atoms with Crippen molar-refractivity contribution in [2.75, 3.05) is 11.9 Å². The zero-order chi connectivity index (χ0) is 9.68. The fraction of sp³-hybridized carbons (Fsp3) is 0.556. The quantitative estimate of drug-likeness (QED) is 0.758. The van der Waals surface area contributed by atoms with Crippen LogP contribution in [-0.4, -0.2) is 16.5 Å². The number of hydrogen-bond donors (Lipinski definition) is 1. The number of nitrogens with zero attached hydrogens (tertiary/aromatic N) is 2. The summed E-state index contributed by atoms with van der Waals surface area (Å²) in [6, 6.07) is 1.81. The van der Waals surface area contributed by atoms with Gasteiger partial charge in [-0.15, -0.1) is 0 Å². The van der Waals surface area contributed by atoms with Crippen LogP contribution in [0.1, 0.15) is 20.3 Å². The van der Waals surface area contributed by atoms with Crippen LogP contribution >= 0.6 is 11.6 Å². The standard InChI is InChI=1S/C9H14ClN3/c1-3-7(2)6-12-8-4-5-11-9(10)13-8/h4-5,7H,3,6H2,1-2H3,(H,11,12,13). The molecule has 0 bridgehead atoms. The first kappa shape index (κ1) is 10.3. The molecule has 0 saturated carbocycles. The molecule has 0 radical (unpaired) electrons. The second kappa shape index (κ2) is 5.02. The van der Waals surface area contributed by atoms with Crippen molar-refractivity contribution in [1.82, 2.24) is 9.97 Å². The summed E-state index contributed by atoms with van der Waals surface area (Å²) >= 11 is 5.63. The van der Waals surface area contributed by atoms with Crippen molar-refractivity contribution < 1.29 is 0 Å². The molecule has 1 unspecified atom stereocenters. The van der Waals surface area contributed by atoms with Crippen LogP contribution in [0.5, 0.6) is 0 Å². The molecule has 13 heavy (non-hydrogen) atoms. The monoisotopic (exact) mass is 199 g/mol. The normalized spacial score (nSPS) is 12.5. The van der Waals surface area contributed by atoms with Gasteiger partial charge >= 0.3 is 0 Å². The first-order valence-electron chi connectivity index (χ1n) is 4.44. The van der Waals surface area contributed by atoms with Crippen LogP contribution < -0.4 is 5.32 Å². The van der Waals surface area contributed by atoms with E-state index in [-0.39, 0.29) is 5.28 Å². The highest BCUT2D eigenvalue weighted by atomic mass is 35.5. The van der Waals surface area contributed by atoms with Gasteiger partial charge in [0.25, 0.3) is 0 Å². The van der Waals surface area contributed by atoms with Crippen LogP contribution in [0, 0.1) is 5.92 Å². The van der Waals surface area contributed by atoms with E-state index >= 15 is 0 Å². The number of nitrogens with one attached hydrogen (secondary N) is 1. The summed E-state index contributed by atoms with van der Waals surface area (Å²) in [6.45, 7) is 5.28. The Kier molecular flexibility index (Phi) is 3.96. The molecule has 1 heterocycles. The average Bonchev–Trinajstić information content (AvgIpc) is 2.14. The summed E-state index contributed by atoms with van der Waals surface area (Å²) in [4.78, 5) is 7.82. The van der Waals surface area contributed by atoms with Gasteiger partial charge in [-0.1, -0.05) is 20.3 Å². The molecule has 0 aromatic carbocycles. The molecule has 0 fully saturated rings. The lowest BCUT2D eigenvalue weighted by atomic mass is 10.1. The Bertz CT molecular complexity index is 265. The number of hydrogen-bond acceptors (Lipinski definition) is 3. The molecule has 72 valence electrons. The van der Waals surface area contributed by atoms with E-state index < -0.39 is 0 Å². The minimum atomic E-state index is 0.286. The molecule has 3 nitrogen and oxygen atoms in total. The maximum atomic E-state index is 5.63. The Balaban J connectivity index is 2.45. The zero-order valence-electron chi connectivity index (χ0n) is 7.92. The predicted octanol–water partition coefficient (Wildman–Crippen LogP) is 2.59. The third-order valence-electron chi connectivity index (χ3n) is 1.95. The van der Waals surface area contributed by atoms with E-state index in [1.807, 2.05) is 6.07 Å². The fourth-order valence-electron chi connectivity index (χ4n) is 0.856.